The molecule has 0 saturated carbocycles. The second-order valence-corrected chi connectivity index (χ2v) is 4.86. The van der Waals surface area contributed by atoms with Gasteiger partial charge in [0, 0.05) is 6.07 Å². The van der Waals surface area contributed by atoms with E-state index in [4.69, 9.17) is 37.8 Å². The number of carbonyl (C=O) groups is 1. The fourth-order valence-electron chi connectivity index (χ4n) is 1.77. The summed E-state index contributed by atoms with van der Waals surface area (Å²) in [5, 5.41) is 9.67. The zero-order valence-corrected chi connectivity index (χ0v) is 10.9. The first-order valence-electron chi connectivity index (χ1n) is 5.52. The molecule has 0 aromatic heterocycles. The number of halogens is 2. The van der Waals surface area contributed by atoms with E-state index >= 15 is 0 Å². The van der Waals surface area contributed by atoms with Crippen LogP contribution in [0.3, 0.4) is 0 Å². The molecule has 0 spiro atoms. The van der Waals surface area contributed by atoms with Gasteiger partial charge in [0.15, 0.2) is 6.10 Å². The largest absolute Gasteiger partial charge is 0.491 e. The van der Waals surface area contributed by atoms with E-state index < -0.39 is 12.1 Å². The Kier molecular flexibility index (Phi) is 4.32. The maximum absolute atomic E-state index is 10.7. The molecule has 1 heterocycles. The summed E-state index contributed by atoms with van der Waals surface area (Å²) in [4.78, 5) is 10.7. The summed E-state index contributed by atoms with van der Waals surface area (Å²) in [5.74, 6) is -0.334. The van der Waals surface area contributed by atoms with Crippen molar-refractivity contribution in [3.63, 3.8) is 0 Å². The van der Waals surface area contributed by atoms with E-state index in [1.165, 1.54) is 0 Å². The molecule has 1 fully saturated rings. The summed E-state index contributed by atoms with van der Waals surface area (Å²) in [6.07, 6.45) is 0.288. The maximum Gasteiger partial charge on any atom is 0.332 e. The highest BCUT2D eigenvalue weighted by molar-refractivity contribution is 6.42. The molecule has 0 amide bonds. The number of hydrogen-bond acceptors (Lipinski definition) is 3. The molecule has 1 aromatic rings. The predicted octanol–water partition coefficient (Wildman–Crippen LogP) is 3.00. The van der Waals surface area contributed by atoms with Crippen LogP contribution in [0.25, 0.3) is 0 Å². The van der Waals surface area contributed by atoms with Crippen molar-refractivity contribution in [2.24, 2.45) is 0 Å². The molecule has 2 rings (SSSR count). The van der Waals surface area contributed by atoms with Crippen molar-refractivity contribution in [2.45, 2.75) is 25.0 Å². The van der Waals surface area contributed by atoms with Gasteiger partial charge in [-0.3, -0.25) is 0 Å². The molecule has 2 unspecified atom stereocenters. The molecule has 1 aliphatic rings. The molecule has 0 bridgehead atoms. The second-order valence-electron chi connectivity index (χ2n) is 4.05. The van der Waals surface area contributed by atoms with Gasteiger partial charge in [-0.05, 0) is 25.0 Å². The molecule has 1 N–H and O–H groups in total. The highest BCUT2D eigenvalue weighted by Crippen LogP contribution is 2.27. The van der Waals surface area contributed by atoms with Crippen LogP contribution in [0.15, 0.2) is 18.2 Å². The Labute approximate surface area is 114 Å². The first-order chi connectivity index (χ1) is 8.56. The van der Waals surface area contributed by atoms with Crippen LogP contribution in [0.4, 0.5) is 0 Å². The first kappa shape index (κ1) is 13.5. The topological polar surface area (TPSA) is 55.8 Å². The smallest absolute Gasteiger partial charge is 0.332 e. The van der Waals surface area contributed by atoms with Gasteiger partial charge in [0.2, 0.25) is 0 Å². The van der Waals surface area contributed by atoms with Crippen LogP contribution in [0.5, 0.6) is 5.75 Å². The van der Waals surface area contributed by atoms with Gasteiger partial charge >= 0.3 is 5.97 Å². The molecular weight excluding hydrogens is 279 g/mol. The normalized spacial score (nSPS) is 23.0. The third-order valence-electron chi connectivity index (χ3n) is 2.71. The standard InChI is InChI=1S/C12H12Cl2O4/c13-9-3-1-7(5-10(9)14)17-6-8-2-4-11(18-8)12(15)16/h1,3,5,8,11H,2,4,6H2,(H,15,16). The molecule has 0 aliphatic carbocycles. The van der Waals surface area contributed by atoms with Crippen molar-refractivity contribution in [2.75, 3.05) is 6.61 Å². The van der Waals surface area contributed by atoms with E-state index in [1.54, 1.807) is 18.2 Å². The molecule has 6 heteroatoms. The highest BCUT2D eigenvalue weighted by atomic mass is 35.5. The van der Waals surface area contributed by atoms with E-state index in [9.17, 15) is 4.79 Å². The zero-order valence-electron chi connectivity index (χ0n) is 9.44. The van der Waals surface area contributed by atoms with Crippen molar-refractivity contribution in [1.82, 2.24) is 0 Å². The predicted molar refractivity (Wildman–Crippen MR) is 67.5 cm³/mol. The lowest BCUT2D eigenvalue weighted by Gasteiger charge is -2.13. The Balaban J connectivity index is 1.85. The van der Waals surface area contributed by atoms with Crippen LogP contribution in [0, 0.1) is 0 Å². The molecule has 1 saturated heterocycles. The minimum absolute atomic E-state index is 0.194. The van der Waals surface area contributed by atoms with Crippen molar-refractivity contribution < 1.29 is 19.4 Å². The lowest BCUT2D eigenvalue weighted by molar-refractivity contribution is -0.149. The van der Waals surface area contributed by atoms with Crippen LogP contribution in [-0.2, 0) is 9.53 Å². The average molecular weight is 291 g/mol. The molecule has 1 aliphatic heterocycles. The van der Waals surface area contributed by atoms with Crippen molar-refractivity contribution in [3.05, 3.63) is 28.2 Å². The third kappa shape index (κ3) is 3.28. The minimum Gasteiger partial charge on any atom is -0.491 e. The number of aliphatic carboxylic acids is 1. The Bertz CT molecular complexity index is 450. The molecule has 1 aromatic carbocycles. The molecule has 4 nitrogen and oxygen atoms in total. The molecular formula is C12H12Cl2O4. The third-order valence-corrected chi connectivity index (χ3v) is 3.45. The summed E-state index contributed by atoms with van der Waals surface area (Å²) in [5.41, 5.74) is 0. The van der Waals surface area contributed by atoms with Crippen LogP contribution in [0.2, 0.25) is 10.0 Å². The Hall–Kier alpha value is -0.970. The summed E-state index contributed by atoms with van der Waals surface area (Å²) in [7, 11) is 0. The maximum atomic E-state index is 10.7. The monoisotopic (exact) mass is 290 g/mol. The van der Waals surface area contributed by atoms with Gasteiger partial charge in [0.1, 0.15) is 12.4 Å². The van der Waals surface area contributed by atoms with Crippen molar-refractivity contribution >= 4 is 29.2 Å². The SMILES string of the molecule is O=C(O)C1CCC(COc2ccc(Cl)c(Cl)c2)O1. The first-order valence-corrected chi connectivity index (χ1v) is 6.28. The Morgan fingerprint density at radius 1 is 1.39 bits per heavy atom. The van der Waals surface area contributed by atoms with Gasteiger partial charge in [-0.2, -0.15) is 0 Å². The Morgan fingerprint density at radius 3 is 2.78 bits per heavy atom. The van der Waals surface area contributed by atoms with Gasteiger partial charge in [-0.15, -0.1) is 0 Å². The number of hydrogen-bond donors (Lipinski definition) is 1. The average Bonchev–Trinajstić information content (AvgIpc) is 2.79. The van der Waals surface area contributed by atoms with E-state index in [2.05, 4.69) is 0 Å². The number of carboxylic acids is 1. The van der Waals surface area contributed by atoms with E-state index in [1.807, 2.05) is 0 Å². The summed E-state index contributed by atoms with van der Waals surface area (Å²) >= 11 is 11.6. The highest BCUT2D eigenvalue weighted by Gasteiger charge is 2.30. The van der Waals surface area contributed by atoms with Crippen LogP contribution < -0.4 is 4.74 Å². The quantitative estimate of drug-likeness (QED) is 0.926. The summed E-state index contributed by atoms with van der Waals surface area (Å²) < 4.78 is 10.8. The summed E-state index contributed by atoms with van der Waals surface area (Å²) in [6.45, 7) is 0.307. The zero-order chi connectivity index (χ0) is 13.1. The fraction of sp³-hybridized carbons (Fsp3) is 0.417. The van der Waals surface area contributed by atoms with Crippen molar-refractivity contribution in [3.8, 4) is 5.75 Å². The van der Waals surface area contributed by atoms with Gasteiger partial charge in [-0.25, -0.2) is 4.79 Å². The molecule has 0 radical (unpaired) electrons. The lowest BCUT2D eigenvalue weighted by atomic mass is 10.2. The number of rotatable bonds is 4. The van der Waals surface area contributed by atoms with Crippen molar-refractivity contribution in [1.29, 1.82) is 0 Å². The van der Waals surface area contributed by atoms with Gasteiger partial charge in [-0.1, -0.05) is 23.2 Å². The van der Waals surface area contributed by atoms with Gasteiger partial charge < -0.3 is 14.6 Å². The molecule has 98 valence electrons. The Morgan fingerprint density at radius 2 is 2.17 bits per heavy atom. The van der Waals surface area contributed by atoms with Gasteiger partial charge in [0.25, 0.3) is 0 Å². The molecule has 2 atom stereocenters. The van der Waals surface area contributed by atoms with Gasteiger partial charge in [0.05, 0.1) is 16.1 Å². The number of carboxylic acid groups (broad SMARTS) is 1. The minimum atomic E-state index is -0.924. The summed E-state index contributed by atoms with van der Waals surface area (Å²) in [6, 6.07) is 4.97. The van der Waals surface area contributed by atoms with Crippen LogP contribution in [-0.4, -0.2) is 29.9 Å². The number of benzene rings is 1. The van der Waals surface area contributed by atoms with Crippen LogP contribution >= 0.6 is 23.2 Å². The lowest BCUT2D eigenvalue weighted by Crippen LogP contribution is -2.23. The fourth-order valence-corrected chi connectivity index (χ4v) is 2.05. The van der Waals surface area contributed by atoms with E-state index in [-0.39, 0.29) is 6.10 Å². The number of ether oxygens (including phenoxy) is 2. The van der Waals surface area contributed by atoms with E-state index in [0.29, 0.717) is 35.2 Å². The second kappa shape index (κ2) is 5.78. The van der Waals surface area contributed by atoms with Crippen LogP contribution in [0.1, 0.15) is 12.8 Å². The molecule has 18 heavy (non-hydrogen) atoms. The van der Waals surface area contributed by atoms with E-state index in [0.717, 1.165) is 0 Å².